The maximum atomic E-state index is 12.9. The van der Waals surface area contributed by atoms with Crippen LogP contribution in [0.1, 0.15) is 41.4 Å². The van der Waals surface area contributed by atoms with Gasteiger partial charge in [-0.05, 0) is 59.7 Å². The smallest absolute Gasteiger partial charge is 0.228 e. The Morgan fingerprint density at radius 1 is 1.22 bits per heavy atom. The summed E-state index contributed by atoms with van der Waals surface area (Å²) in [5.74, 6) is 0.462. The van der Waals surface area contributed by atoms with E-state index in [2.05, 4.69) is 6.92 Å². The van der Waals surface area contributed by atoms with Gasteiger partial charge in [0.15, 0.2) is 5.76 Å². The number of unbranched alkanes of at least 4 members (excludes halogenated alkanes) is 1. The van der Waals surface area contributed by atoms with E-state index in [0.29, 0.717) is 14.9 Å². The first kappa shape index (κ1) is 16.1. The number of phenols is 1. The summed E-state index contributed by atoms with van der Waals surface area (Å²) in [4.78, 5) is 12.9. The standard InChI is InChI=1S/C19H17IO3/c1-2-3-6-14-13-7-4-5-8-17(13)23-19(14)18(22)12-9-10-16(21)15(20)11-12/h4-5,7-11,21H,2-3,6H2,1H3. The molecule has 1 N–H and O–H groups in total. The van der Waals surface area contributed by atoms with E-state index in [-0.39, 0.29) is 11.5 Å². The molecule has 0 spiro atoms. The molecule has 3 nitrogen and oxygen atoms in total. The first-order valence-electron chi connectivity index (χ1n) is 7.65. The van der Waals surface area contributed by atoms with Crippen LogP contribution in [-0.4, -0.2) is 10.9 Å². The van der Waals surface area contributed by atoms with E-state index < -0.39 is 0 Å². The fraction of sp³-hybridized carbons (Fsp3) is 0.211. The van der Waals surface area contributed by atoms with Gasteiger partial charge in [0.25, 0.3) is 0 Å². The second-order valence-corrected chi connectivity index (χ2v) is 6.67. The van der Waals surface area contributed by atoms with Gasteiger partial charge in [0.05, 0.1) is 3.57 Å². The van der Waals surface area contributed by atoms with Crippen molar-refractivity contribution < 1.29 is 14.3 Å². The third kappa shape index (κ3) is 3.13. The van der Waals surface area contributed by atoms with Gasteiger partial charge < -0.3 is 9.52 Å². The van der Waals surface area contributed by atoms with Crippen molar-refractivity contribution in [1.29, 1.82) is 0 Å². The third-order valence-corrected chi connectivity index (χ3v) is 4.76. The minimum absolute atomic E-state index is 0.134. The molecule has 0 unspecified atom stereocenters. The minimum atomic E-state index is -0.134. The molecular weight excluding hydrogens is 403 g/mol. The predicted octanol–water partition coefficient (Wildman–Crippen LogP) is 5.32. The van der Waals surface area contributed by atoms with Crippen molar-refractivity contribution in [3.63, 3.8) is 0 Å². The van der Waals surface area contributed by atoms with Gasteiger partial charge in [-0.1, -0.05) is 31.5 Å². The van der Waals surface area contributed by atoms with Crippen LogP contribution in [0.15, 0.2) is 46.9 Å². The number of carbonyl (C=O) groups excluding carboxylic acids is 1. The number of phenolic OH excluding ortho intramolecular Hbond substituents is 1. The Bertz CT molecular complexity index is 864. The maximum absolute atomic E-state index is 12.9. The summed E-state index contributed by atoms with van der Waals surface area (Å²) in [6.07, 6.45) is 2.89. The van der Waals surface area contributed by atoms with Gasteiger partial charge in [-0.15, -0.1) is 0 Å². The summed E-state index contributed by atoms with van der Waals surface area (Å²) in [6.45, 7) is 2.13. The zero-order chi connectivity index (χ0) is 16.4. The molecule has 23 heavy (non-hydrogen) atoms. The first-order valence-corrected chi connectivity index (χ1v) is 8.73. The molecule has 3 aromatic rings. The summed E-state index contributed by atoms with van der Waals surface area (Å²) in [6, 6.07) is 12.6. The molecule has 0 aliphatic carbocycles. The van der Waals surface area contributed by atoms with Gasteiger partial charge >= 0.3 is 0 Å². The van der Waals surface area contributed by atoms with Crippen LogP contribution in [0.4, 0.5) is 0 Å². The van der Waals surface area contributed by atoms with Gasteiger partial charge in [-0.2, -0.15) is 0 Å². The van der Waals surface area contributed by atoms with Crippen LogP contribution < -0.4 is 0 Å². The normalized spacial score (nSPS) is 11.0. The van der Waals surface area contributed by atoms with E-state index in [1.54, 1.807) is 18.2 Å². The number of hydrogen-bond acceptors (Lipinski definition) is 3. The van der Waals surface area contributed by atoms with Gasteiger partial charge in [-0.3, -0.25) is 4.79 Å². The number of furan rings is 1. The lowest BCUT2D eigenvalue weighted by atomic mass is 10.00. The molecular formula is C19H17IO3. The van der Waals surface area contributed by atoms with Crippen molar-refractivity contribution in [1.82, 2.24) is 0 Å². The zero-order valence-electron chi connectivity index (χ0n) is 12.8. The molecule has 3 rings (SSSR count). The Labute approximate surface area is 148 Å². The third-order valence-electron chi connectivity index (χ3n) is 3.89. The fourth-order valence-corrected chi connectivity index (χ4v) is 3.18. The molecule has 0 aliphatic rings. The predicted molar refractivity (Wildman–Crippen MR) is 99.1 cm³/mol. The fourth-order valence-electron chi connectivity index (χ4n) is 2.66. The Balaban J connectivity index is 2.10. The Morgan fingerprint density at radius 3 is 2.74 bits per heavy atom. The highest BCUT2D eigenvalue weighted by atomic mass is 127. The summed E-state index contributed by atoms with van der Waals surface area (Å²) in [7, 11) is 0. The number of para-hydroxylation sites is 1. The van der Waals surface area contributed by atoms with Crippen molar-refractivity contribution in [2.24, 2.45) is 0 Å². The van der Waals surface area contributed by atoms with E-state index >= 15 is 0 Å². The van der Waals surface area contributed by atoms with Crippen molar-refractivity contribution in [3.05, 3.63) is 62.9 Å². The zero-order valence-corrected chi connectivity index (χ0v) is 15.0. The SMILES string of the molecule is CCCCc1c(C(=O)c2ccc(O)c(I)c2)oc2ccccc12. The van der Waals surface area contributed by atoms with E-state index in [9.17, 15) is 9.90 Å². The Kier molecular flexibility index (Phi) is 4.71. The maximum Gasteiger partial charge on any atom is 0.228 e. The lowest BCUT2D eigenvalue weighted by molar-refractivity contribution is 0.101. The van der Waals surface area contributed by atoms with Crippen molar-refractivity contribution in [3.8, 4) is 5.75 Å². The number of carbonyl (C=O) groups is 1. The largest absolute Gasteiger partial charge is 0.507 e. The monoisotopic (exact) mass is 420 g/mol. The van der Waals surface area contributed by atoms with E-state index in [1.165, 1.54) is 0 Å². The number of aryl methyl sites for hydroxylation is 1. The highest BCUT2D eigenvalue weighted by molar-refractivity contribution is 14.1. The average Bonchev–Trinajstić information content (AvgIpc) is 2.93. The molecule has 1 aromatic heterocycles. The molecule has 2 aromatic carbocycles. The van der Waals surface area contributed by atoms with Gasteiger partial charge in [0, 0.05) is 16.5 Å². The highest BCUT2D eigenvalue weighted by Crippen LogP contribution is 2.30. The quantitative estimate of drug-likeness (QED) is 0.449. The van der Waals surface area contributed by atoms with Gasteiger partial charge in [0.2, 0.25) is 5.78 Å². The molecule has 0 fully saturated rings. The summed E-state index contributed by atoms with van der Waals surface area (Å²) in [5, 5.41) is 10.7. The molecule has 0 aliphatic heterocycles. The summed E-state index contributed by atoms with van der Waals surface area (Å²) < 4.78 is 6.52. The molecule has 0 saturated heterocycles. The molecule has 1 heterocycles. The second-order valence-electron chi connectivity index (χ2n) is 5.50. The van der Waals surface area contributed by atoms with Crippen LogP contribution in [0.25, 0.3) is 11.0 Å². The number of halogens is 1. The van der Waals surface area contributed by atoms with Crippen LogP contribution in [0.5, 0.6) is 5.75 Å². The molecule has 0 bridgehead atoms. The number of hydrogen-bond donors (Lipinski definition) is 1. The van der Waals surface area contributed by atoms with E-state index in [1.807, 2.05) is 46.9 Å². The minimum Gasteiger partial charge on any atom is -0.507 e. The topological polar surface area (TPSA) is 50.4 Å². The summed E-state index contributed by atoms with van der Waals surface area (Å²) in [5.41, 5.74) is 2.26. The van der Waals surface area contributed by atoms with Gasteiger partial charge in [0.1, 0.15) is 11.3 Å². The van der Waals surface area contributed by atoms with Crippen molar-refractivity contribution >= 4 is 39.3 Å². The number of ketones is 1. The highest BCUT2D eigenvalue weighted by Gasteiger charge is 2.21. The summed E-state index contributed by atoms with van der Waals surface area (Å²) >= 11 is 2.02. The van der Waals surface area contributed by atoms with Crippen LogP contribution in [-0.2, 0) is 6.42 Å². The first-order chi connectivity index (χ1) is 11.1. The lowest BCUT2D eigenvalue weighted by Crippen LogP contribution is -2.03. The molecule has 0 amide bonds. The molecule has 0 atom stereocenters. The van der Waals surface area contributed by atoms with Crippen LogP contribution in [0.3, 0.4) is 0 Å². The van der Waals surface area contributed by atoms with Crippen LogP contribution in [0, 0.1) is 3.57 Å². The van der Waals surface area contributed by atoms with Crippen LogP contribution in [0.2, 0.25) is 0 Å². The molecule has 4 heteroatoms. The number of aromatic hydroxyl groups is 1. The van der Waals surface area contributed by atoms with E-state index in [4.69, 9.17) is 4.42 Å². The number of rotatable bonds is 5. The Hall–Kier alpha value is -1.82. The van der Waals surface area contributed by atoms with Crippen molar-refractivity contribution in [2.75, 3.05) is 0 Å². The van der Waals surface area contributed by atoms with Crippen LogP contribution >= 0.6 is 22.6 Å². The van der Waals surface area contributed by atoms with Gasteiger partial charge in [-0.25, -0.2) is 0 Å². The number of fused-ring (bicyclic) bond motifs is 1. The Morgan fingerprint density at radius 2 is 2.00 bits per heavy atom. The average molecular weight is 420 g/mol. The second kappa shape index (κ2) is 6.74. The lowest BCUT2D eigenvalue weighted by Gasteiger charge is -2.04. The molecule has 0 radical (unpaired) electrons. The number of benzene rings is 2. The van der Waals surface area contributed by atoms with E-state index in [0.717, 1.165) is 35.8 Å². The molecule has 118 valence electrons. The van der Waals surface area contributed by atoms with Crippen molar-refractivity contribution in [2.45, 2.75) is 26.2 Å². The molecule has 0 saturated carbocycles.